The number of para-hydroxylation sites is 2. The molecular weight excluding hydrogens is 264 g/mol. The van der Waals surface area contributed by atoms with Gasteiger partial charge < -0.3 is 4.42 Å². The Labute approximate surface area is 112 Å². The third-order valence-electron chi connectivity index (χ3n) is 2.88. The minimum Gasteiger partial charge on any atom is -0.440 e. The van der Waals surface area contributed by atoms with Crippen LogP contribution in [0.2, 0.25) is 0 Å². The largest absolute Gasteiger partial charge is 0.440 e. The average molecular weight is 273 g/mol. The lowest BCUT2D eigenvalue weighted by Gasteiger charge is -2.00. The molecule has 5 heteroatoms. The second-order valence-electron chi connectivity index (χ2n) is 4.30. The van der Waals surface area contributed by atoms with Crippen molar-refractivity contribution >= 4 is 16.9 Å². The summed E-state index contributed by atoms with van der Waals surface area (Å²) in [5.41, 5.74) is 0.872. The molecule has 100 valence electrons. The Balaban J connectivity index is 1.90. The van der Waals surface area contributed by atoms with Gasteiger partial charge in [-0.15, -0.1) is 0 Å². The lowest BCUT2D eigenvalue weighted by molar-refractivity contribution is 0.0981. The van der Waals surface area contributed by atoms with Gasteiger partial charge in [-0.2, -0.15) is 0 Å². The molecule has 0 N–H and O–H groups in total. The Morgan fingerprint density at radius 2 is 1.95 bits per heavy atom. The summed E-state index contributed by atoms with van der Waals surface area (Å²) >= 11 is 0. The number of Topliss-reactive ketones (excluding diaryl/α,β-unsaturated/α-hetero) is 1. The van der Waals surface area contributed by atoms with E-state index < -0.39 is 17.4 Å². The molecule has 1 heterocycles. The molecule has 0 atom stereocenters. The maximum Gasteiger partial charge on any atom is 0.203 e. The van der Waals surface area contributed by atoms with Crippen LogP contribution in [0.5, 0.6) is 0 Å². The molecule has 1 aromatic heterocycles. The van der Waals surface area contributed by atoms with Crippen molar-refractivity contribution in [2.75, 3.05) is 0 Å². The smallest absolute Gasteiger partial charge is 0.203 e. The zero-order valence-electron chi connectivity index (χ0n) is 10.3. The number of nitrogens with zero attached hydrogens (tertiary/aromatic N) is 1. The number of halogens is 2. The number of carbonyl (C=O) groups excluding carboxylic acids is 1. The Kier molecular flexibility index (Phi) is 3.02. The van der Waals surface area contributed by atoms with Crippen molar-refractivity contribution in [2.24, 2.45) is 0 Å². The molecule has 3 rings (SSSR count). The Hall–Kier alpha value is -2.56. The highest BCUT2D eigenvalue weighted by Gasteiger charge is 2.16. The quantitative estimate of drug-likeness (QED) is 0.685. The number of hydrogen-bond donors (Lipinski definition) is 0. The van der Waals surface area contributed by atoms with Gasteiger partial charge in [-0.1, -0.05) is 12.1 Å². The molecule has 0 unspecified atom stereocenters. The summed E-state index contributed by atoms with van der Waals surface area (Å²) in [4.78, 5) is 16.1. The van der Waals surface area contributed by atoms with Gasteiger partial charge in [0.1, 0.15) is 17.2 Å². The highest BCUT2D eigenvalue weighted by atomic mass is 19.1. The van der Waals surface area contributed by atoms with Crippen LogP contribution >= 0.6 is 0 Å². The van der Waals surface area contributed by atoms with Gasteiger partial charge in [0.15, 0.2) is 11.4 Å². The summed E-state index contributed by atoms with van der Waals surface area (Å²) in [7, 11) is 0. The molecule has 0 radical (unpaired) electrons. The van der Waals surface area contributed by atoms with E-state index in [0.29, 0.717) is 11.1 Å². The number of oxazole rings is 1. The highest BCUT2D eigenvalue weighted by Crippen LogP contribution is 2.17. The highest BCUT2D eigenvalue weighted by molar-refractivity contribution is 5.97. The number of rotatable bonds is 3. The molecule has 3 aromatic rings. The lowest BCUT2D eigenvalue weighted by Crippen LogP contribution is -2.07. The molecule has 0 aliphatic heterocycles. The van der Waals surface area contributed by atoms with Gasteiger partial charge in [0.05, 0.1) is 12.0 Å². The van der Waals surface area contributed by atoms with Crippen molar-refractivity contribution < 1.29 is 18.0 Å². The first-order valence-corrected chi connectivity index (χ1v) is 5.96. The summed E-state index contributed by atoms with van der Waals surface area (Å²) in [6.07, 6.45) is -0.213. The van der Waals surface area contributed by atoms with Gasteiger partial charge in [0, 0.05) is 0 Å². The first kappa shape index (κ1) is 12.5. The molecule has 20 heavy (non-hydrogen) atoms. The van der Waals surface area contributed by atoms with E-state index in [0.717, 1.165) is 18.2 Å². The van der Waals surface area contributed by atoms with E-state index >= 15 is 0 Å². The fourth-order valence-electron chi connectivity index (χ4n) is 1.94. The van der Waals surface area contributed by atoms with Crippen LogP contribution < -0.4 is 0 Å². The molecule has 0 bridgehead atoms. The van der Waals surface area contributed by atoms with Crippen molar-refractivity contribution in [1.82, 2.24) is 4.98 Å². The minimum absolute atomic E-state index is 0.180. The fourth-order valence-corrected chi connectivity index (χ4v) is 1.94. The zero-order chi connectivity index (χ0) is 14.1. The summed E-state index contributed by atoms with van der Waals surface area (Å²) in [6, 6.07) is 9.81. The molecular formula is C15H9F2NO2. The summed E-state index contributed by atoms with van der Waals surface area (Å²) < 4.78 is 31.9. The third kappa shape index (κ3) is 2.30. The minimum atomic E-state index is -0.757. The first-order chi connectivity index (χ1) is 9.63. The van der Waals surface area contributed by atoms with Crippen LogP contribution in [0.25, 0.3) is 11.1 Å². The zero-order valence-corrected chi connectivity index (χ0v) is 10.3. The second-order valence-corrected chi connectivity index (χ2v) is 4.30. The van der Waals surface area contributed by atoms with Crippen LogP contribution in [0.4, 0.5) is 8.78 Å². The number of fused-ring (bicyclic) bond motifs is 1. The monoisotopic (exact) mass is 273 g/mol. The maximum atomic E-state index is 13.5. The Morgan fingerprint density at radius 3 is 2.75 bits per heavy atom. The lowest BCUT2D eigenvalue weighted by atomic mass is 10.1. The van der Waals surface area contributed by atoms with Crippen LogP contribution in [-0.4, -0.2) is 10.8 Å². The predicted molar refractivity (Wildman–Crippen MR) is 68.4 cm³/mol. The van der Waals surface area contributed by atoms with E-state index in [1.807, 2.05) is 0 Å². The van der Waals surface area contributed by atoms with E-state index in [4.69, 9.17) is 4.42 Å². The van der Waals surface area contributed by atoms with Crippen LogP contribution in [0.15, 0.2) is 46.9 Å². The molecule has 0 aliphatic rings. The van der Waals surface area contributed by atoms with Gasteiger partial charge in [0.2, 0.25) is 5.89 Å². The topological polar surface area (TPSA) is 43.1 Å². The summed E-state index contributed by atoms with van der Waals surface area (Å²) in [5, 5.41) is 0. The molecule has 0 aliphatic carbocycles. The second kappa shape index (κ2) is 4.85. The van der Waals surface area contributed by atoms with E-state index in [2.05, 4.69) is 4.98 Å². The van der Waals surface area contributed by atoms with Crippen molar-refractivity contribution in [3.05, 3.63) is 65.6 Å². The van der Waals surface area contributed by atoms with E-state index in [-0.39, 0.29) is 17.9 Å². The molecule has 0 amide bonds. The molecule has 0 saturated heterocycles. The van der Waals surface area contributed by atoms with Crippen molar-refractivity contribution in [3.63, 3.8) is 0 Å². The van der Waals surface area contributed by atoms with Gasteiger partial charge in [0.25, 0.3) is 0 Å². The number of ketones is 1. The van der Waals surface area contributed by atoms with Crippen LogP contribution in [0, 0.1) is 11.6 Å². The van der Waals surface area contributed by atoms with Crippen LogP contribution in [-0.2, 0) is 6.42 Å². The molecule has 0 spiro atoms. The van der Waals surface area contributed by atoms with Crippen molar-refractivity contribution in [3.8, 4) is 0 Å². The van der Waals surface area contributed by atoms with Gasteiger partial charge in [-0.3, -0.25) is 4.79 Å². The number of aromatic nitrogens is 1. The van der Waals surface area contributed by atoms with E-state index in [1.165, 1.54) is 0 Å². The standard InChI is InChI=1S/C15H9F2NO2/c16-9-5-6-11(17)10(7-9)13(19)8-15-18-12-3-1-2-4-14(12)20-15/h1-7H,8H2. The SMILES string of the molecule is O=C(Cc1nc2ccccc2o1)c1cc(F)ccc1F. The summed E-state index contributed by atoms with van der Waals surface area (Å²) in [5.74, 6) is -1.81. The Morgan fingerprint density at radius 1 is 1.15 bits per heavy atom. The first-order valence-electron chi connectivity index (χ1n) is 5.96. The van der Waals surface area contributed by atoms with E-state index in [9.17, 15) is 13.6 Å². The third-order valence-corrected chi connectivity index (χ3v) is 2.88. The molecule has 3 nitrogen and oxygen atoms in total. The van der Waals surface area contributed by atoms with Crippen molar-refractivity contribution in [2.45, 2.75) is 6.42 Å². The van der Waals surface area contributed by atoms with Crippen molar-refractivity contribution in [1.29, 1.82) is 0 Å². The Bertz CT molecular complexity index is 762. The van der Waals surface area contributed by atoms with Gasteiger partial charge in [-0.05, 0) is 30.3 Å². The number of benzene rings is 2. The van der Waals surface area contributed by atoms with Gasteiger partial charge in [-0.25, -0.2) is 13.8 Å². The molecule has 0 saturated carbocycles. The van der Waals surface area contributed by atoms with Crippen LogP contribution in [0.3, 0.4) is 0 Å². The predicted octanol–water partition coefficient (Wildman–Crippen LogP) is 3.53. The number of hydrogen-bond acceptors (Lipinski definition) is 3. The number of carbonyl (C=O) groups is 1. The fraction of sp³-hybridized carbons (Fsp3) is 0.0667. The average Bonchev–Trinajstić information content (AvgIpc) is 2.83. The maximum absolute atomic E-state index is 13.5. The molecule has 2 aromatic carbocycles. The van der Waals surface area contributed by atoms with Crippen LogP contribution in [0.1, 0.15) is 16.2 Å². The van der Waals surface area contributed by atoms with E-state index in [1.54, 1.807) is 24.3 Å². The summed E-state index contributed by atoms with van der Waals surface area (Å²) in [6.45, 7) is 0. The normalized spacial score (nSPS) is 10.9. The molecule has 0 fully saturated rings. The van der Waals surface area contributed by atoms with Gasteiger partial charge >= 0.3 is 0 Å².